The molecule has 1 heterocycles. The van der Waals surface area contributed by atoms with E-state index in [1.165, 1.54) is 17.7 Å². The van der Waals surface area contributed by atoms with Crippen LogP contribution in [0.3, 0.4) is 0 Å². The molecule has 5 nitrogen and oxygen atoms in total. The maximum absolute atomic E-state index is 13.0. The average Bonchev–Trinajstić information content (AvgIpc) is 2.68. The van der Waals surface area contributed by atoms with Crippen molar-refractivity contribution in [2.45, 2.75) is 32.9 Å². The predicted octanol–water partition coefficient (Wildman–Crippen LogP) is 4.08. The van der Waals surface area contributed by atoms with Crippen LogP contribution in [-0.4, -0.2) is 27.8 Å². The Morgan fingerprint density at radius 3 is 2.44 bits per heavy atom. The summed E-state index contributed by atoms with van der Waals surface area (Å²) in [5.41, 5.74) is 2.27. The van der Waals surface area contributed by atoms with E-state index in [1.807, 2.05) is 18.2 Å². The van der Waals surface area contributed by atoms with Gasteiger partial charge in [0.25, 0.3) is 0 Å². The molecule has 0 spiro atoms. The third kappa shape index (κ3) is 5.48. The lowest BCUT2D eigenvalue weighted by molar-refractivity contribution is 0.627. The van der Waals surface area contributed by atoms with E-state index in [9.17, 15) is 4.39 Å². The highest BCUT2D eigenvalue weighted by atomic mass is 19.1. The van der Waals surface area contributed by atoms with Gasteiger partial charge in [-0.3, -0.25) is 0 Å². The smallest absolute Gasteiger partial charge is 0.244 e. The monoisotopic (exact) mass is 365 g/mol. The number of nitrogens with zero attached hydrogens (tertiary/aromatic N) is 4. The van der Waals surface area contributed by atoms with Crippen LogP contribution >= 0.6 is 0 Å². The molecule has 0 radical (unpaired) electrons. The van der Waals surface area contributed by atoms with Gasteiger partial charge >= 0.3 is 0 Å². The van der Waals surface area contributed by atoms with Crippen molar-refractivity contribution < 1.29 is 4.39 Å². The fraction of sp³-hybridized carbons (Fsp3) is 0.286. The van der Waals surface area contributed by atoms with Crippen molar-refractivity contribution >= 4 is 11.8 Å². The molecule has 0 aliphatic carbocycles. The summed E-state index contributed by atoms with van der Waals surface area (Å²) in [5.74, 6) is 1.06. The first kappa shape index (κ1) is 18.8. The van der Waals surface area contributed by atoms with Gasteiger partial charge in [-0.15, -0.1) is 5.10 Å². The van der Waals surface area contributed by atoms with Gasteiger partial charge in [-0.2, -0.15) is 10.1 Å². The predicted molar refractivity (Wildman–Crippen MR) is 106 cm³/mol. The van der Waals surface area contributed by atoms with E-state index >= 15 is 0 Å². The van der Waals surface area contributed by atoms with E-state index in [1.54, 1.807) is 18.3 Å². The van der Waals surface area contributed by atoms with Gasteiger partial charge in [0.05, 0.1) is 6.20 Å². The highest BCUT2D eigenvalue weighted by molar-refractivity contribution is 5.42. The molecule has 27 heavy (non-hydrogen) atoms. The largest absolute Gasteiger partial charge is 0.353 e. The molecule has 0 saturated carbocycles. The number of rotatable bonds is 8. The molecule has 0 amide bonds. The van der Waals surface area contributed by atoms with Crippen LogP contribution in [0.1, 0.15) is 25.0 Å². The Morgan fingerprint density at radius 2 is 1.74 bits per heavy atom. The van der Waals surface area contributed by atoms with E-state index in [2.05, 4.69) is 51.4 Å². The highest BCUT2D eigenvalue weighted by Gasteiger charge is 2.14. The van der Waals surface area contributed by atoms with Crippen LogP contribution in [0.4, 0.5) is 16.2 Å². The van der Waals surface area contributed by atoms with Gasteiger partial charge in [-0.05, 0) is 43.5 Å². The number of anilines is 2. The van der Waals surface area contributed by atoms with Crippen LogP contribution in [-0.2, 0) is 13.0 Å². The van der Waals surface area contributed by atoms with E-state index in [4.69, 9.17) is 0 Å². The number of aromatic nitrogens is 3. The van der Waals surface area contributed by atoms with Gasteiger partial charge in [-0.25, -0.2) is 4.39 Å². The van der Waals surface area contributed by atoms with Gasteiger partial charge in [0, 0.05) is 19.1 Å². The Bertz CT molecular complexity index is 837. The minimum Gasteiger partial charge on any atom is -0.353 e. The zero-order valence-corrected chi connectivity index (χ0v) is 15.6. The summed E-state index contributed by atoms with van der Waals surface area (Å²) in [6, 6.07) is 17.1. The number of hydrogen-bond donors (Lipinski definition) is 1. The number of benzene rings is 2. The fourth-order valence-corrected chi connectivity index (χ4v) is 2.79. The normalized spacial score (nSPS) is 10.8. The highest BCUT2D eigenvalue weighted by Crippen LogP contribution is 2.18. The zero-order valence-electron chi connectivity index (χ0n) is 15.6. The maximum Gasteiger partial charge on any atom is 0.244 e. The topological polar surface area (TPSA) is 53.9 Å². The SMILES string of the molecule is CC(C)N(Cc1ccccc1)c1cnnc(NCCc2ccc(F)cc2)n1. The number of nitrogens with one attached hydrogen (secondary N) is 1. The summed E-state index contributed by atoms with van der Waals surface area (Å²) in [6.45, 7) is 5.67. The molecule has 0 aliphatic heterocycles. The van der Waals surface area contributed by atoms with Crippen molar-refractivity contribution in [2.75, 3.05) is 16.8 Å². The molecular formula is C21H24FN5. The van der Waals surface area contributed by atoms with Crippen LogP contribution in [0.25, 0.3) is 0 Å². The van der Waals surface area contributed by atoms with Crippen molar-refractivity contribution in [2.24, 2.45) is 0 Å². The second-order valence-corrected chi connectivity index (χ2v) is 6.65. The van der Waals surface area contributed by atoms with Gasteiger partial charge in [0.1, 0.15) is 5.82 Å². The summed E-state index contributed by atoms with van der Waals surface area (Å²) in [5, 5.41) is 11.4. The van der Waals surface area contributed by atoms with E-state index < -0.39 is 0 Å². The molecular weight excluding hydrogens is 341 g/mol. The van der Waals surface area contributed by atoms with E-state index in [0.29, 0.717) is 12.5 Å². The second-order valence-electron chi connectivity index (χ2n) is 6.65. The molecule has 0 aliphatic rings. The zero-order chi connectivity index (χ0) is 19.1. The molecule has 0 fully saturated rings. The summed E-state index contributed by atoms with van der Waals surface area (Å²) in [4.78, 5) is 6.81. The summed E-state index contributed by atoms with van der Waals surface area (Å²) >= 11 is 0. The van der Waals surface area contributed by atoms with Gasteiger partial charge in [0.2, 0.25) is 5.95 Å². The Hall–Kier alpha value is -3.02. The molecule has 0 atom stereocenters. The van der Waals surface area contributed by atoms with Crippen LogP contribution in [0.15, 0.2) is 60.8 Å². The molecule has 1 N–H and O–H groups in total. The van der Waals surface area contributed by atoms with Crippen molar-refractivity contribution in [1.29, 1.82) is 0 Å². The van der Waals surface area contributed by atoms with E-state index in [-0.39, 0.29) is 11.9 Å². The lowest BCUT2D eigenvalue weighted by Crippen LogP contribution is -2.31. The Morgan fingerprint density at radius 1 is 1.00 bits per heavy atom. The van der Waals surface area contributed by atoms with E-state index in [0.717, 1.165) is 24.3 Å². The summed E-state index contributed by atoms with van der Waals surface area (Å²) in [6.07, 6.45) is 2.44. The molecule has 0 unspecified atom stereocenters. The average molecular weight is 365 g/mol. The van der Waals surface area contributed by atoms with Crippen LogP contribution in [0.2, 0.25) is 0 Å². The summed E-state index contributed by atoms with van der Waals surface area (Å²) in [7, 11) is 0. The molecule has 3 aromatic rings. The summed E-state index contributed by atoms with van der Waals surface area (Å²) < 4.78 is 13.0. The van der Waals surface area contributed by atoms with Crippen LogP contribution in [0, 0.1) is 5.82 Å². The minimum atomic E-state index is -0.223. The lowest BCUT2D eigenvalue weighted by atomic mass is 10.1. The van der Waals surface area contributed by atoms with Crippen LogP contribution < -0.4 is 10.2 Å². The molecule has 0 bridgehead atoms. The molecule has 140 valence electrons. The van der Waals surface area contributed by atoms with Crippen molar-refractivity contribution in [3.63, 3.8) is 0 Å². The second kappa shape index (κ2) is 9.07. The third-order valence-electron chi connectivity index (χ3n) is 4.27. The van der Waals surface area contributed by atoms with Crippen molar-refractivity contribution in [3.05, 3.63) is 77.7 Å². The quantitative estimate of drug-likeness (QED) is 0.652. The first-order chi connectivity index (χ1) is 13.1. The van der Waals surface area contributed by atoms with Gasteiger partial charge in [-0.1, -0.05) is 42.5 Å². The Labute approximate surface area is 159 Å². The maximum atomic E-state index is 13.0. The third-order valence-corrected chi connectivity index (χ3v) is 4.27. The van der Waals surface area contributed by atoms with Gasteiger partial charge < -0.3 is 10.2 Å². The molecule has 6 heteroatoms. The minimum absolute atomic E-state index is 0.223. The molecule has 2 aromatic carbocycles. The lowest BCUT2D eigenvalue weighted by Gasteiger charge is -2.27. The first-order valence-corrected chi connectivity index (χ1v) is 9.10. The standard InChI is InChI=1S/C21H24FN5/c1-16(2)27(15-18-6-4-3-5-7-18)20-14-24-26-21(25-20)23-13-12-17-8-10-19(22)11-9-17/h3-11,14,16H,12-13,15H2,1-2H3,(H,23,25,26). The van der Waals surface area contributed by atoms with Crippen molar-refractivity contribution in [3.8, 4) is 0 Å². The van der Waals surface area contributed by atoms with Gasteiger partial charge in [0.15, 0.2) is 5.82 Å². The first-order valence-electron chi connectivity index (χ1n) is 9.10. The number of hydrogen-bond acceptors (Lipinski definition) is 5. The van der Waals surface area contributed by atoms with Crippen molar-refractivity contribution in [1.82, 2.24) is 15.2 Å². The molecule has 1 aromatic heterocycles. The molecule has 0 saturated heterocycles. The Kier molecular flexibility index (Phi) is 6.30. The number of halogens is 1. The Balaban J connectivity index is 1.64. The fourth-order valence-electron chi connectivity index (χ4n) is 2.79. The molecule has 3 rings (SSSR count). The van der Waals surface area contributed by atoms with Crippen LogP contribution in [0.5, 0.6) is 0 Å².